The molecule has 1 aromatic rings. The van der Waals surface area contributed by atoms with E-state index in [1.54, 1.807) is 6.08 Å². The first-order chi connectivity index (χ1) is 9.69. The summed E-state index contributed by atoms with van der Waals surface area (Å²) < 4.78 is 5.43. The highest BCUT2D eigenvalue weighted by Crippen LogP contribution is 2.11. The Balaban J connectivity index is 1.97. The molecule has 1 heterocycles. The number of aryl methyl sites for hydroxylation is 1. The summed E-state index contributed by atoms with van der Waals surface area (Å²) in [6.07, 6.45) is 3.68. The maximum Gasteiger partial charge on any atom is 0.262 e. The number of rotatable bonds is 4. The van der Waals surface area contributed by atoms with Gasteiger partial charge in [-0.05, 0) is 31.4 Å². The fraction of sp³-hybridized carbons (Fsp3) is 0.375. The van der Waals surface area contributed by atoms with E-state index in [1.807, 2.05) is 37.3 Å². The van der Waals surface area contributed by atoms with Gasteiger partial charge in [0.05, 0.1) is 6.10 Å². The second-order valence-corrected chi connectivity index (χ2v) is 4.93. The van der Waals surface area contributed by atoms with Gasteiger partial charge in [-0.2, -0.15) is 5.26 Å². The molecule has 4 nitrogen and oxygen atoms in total. The molecule has 0 bridgehead atoms. The van der Waals surface area contributed by atoms with Crippen LogP contribution in [0.4, 0.5) is 0 Å². The zero-order valence-corrected chi connectivity index (χ0v) is 11.6. The highest BCUT2D eigenvalue weighted by Gasteiger charge is 2.17. The zero-order valence-electron chi connectivity index (χ0n) is 11.6. The molecule has 1 aliphatic heterocycles. The second kappa shape index (κ2) is 6.88. The van der Waals surface area contributed by atoms with E-state index in [9.17, 15) is 4.79 Å². The third-order valence-corrected chi connectivity index (χ3v) is 3.27. The summed E-state index contributed by atoms with van der Waals surface area (Å²) in [4.78, 5) is 11.9. The number of benzene rings is 1. The van der Waals surface area contributed by atoms with E-state index >= 15 is 0 Å². The largest absolute Gasteiger partial charge is 0.376 e. The average Bonchev–Trinajstić information content (AvgIpc) is 2.97. The minimum absolute atomic E-state index is 0.0817. The summed E-state index contributed by atoms with van der Waals surface area (Å²) in [6, 6.07) is 9.63. The minimum Gasteiger partial charge on any atom is -0.376 e. The van der Waals surface area contributed by atoms with Gasteiger partial charge >= 0.3 is 0 Å². The molecular weight excluding hydrogens is 252 g/mol. The van der Waals surface area contributed by atoms with Crippen molar-refractivity contribution < 1.29 is 9.53 Å². The summed E-state index contributed by atoms with van der Waals surface area (Å²) in [5.41, 5.74) is 2.11. The van der Waals surface area contributed by atoms with Gasteiger partial charge in [0.15, 0.2) is 0 Å². The summed E-state index contributed by atoms with van der Waals surface area (Å²) in [5.74, 6) is -0.344. The van der Waals surface area contributed by atoms with Gasteiger partial charge in [-0.15, -0.1) is 0 Å². The Morgan fingerprint density at radius 3 is 2.85 bits per heavy atom. The van der Waals surface area contributed by atoms with Gasteiger partial charge in [-0.1, -0.05) is 29.8 Å². The molecule has 0 aromatic heterocycles. The van der Waals surface area contributed by atoms with Crippen molar-refractivity contribution in [3.63, 3.8) is 0 Å². The third-order valence-electron chi connectivity index (χ3n) is 3.27. The number of ether oxygens (including phenoxy) is 1. The van der Waals surface area contributed by atoms with Crippen LogP contribution in [0.15, 0.2) is 29.8 Å². The van der Waals surface area contributed by atoms with E-state index in [2.05, 4.69) is 5.32 Å². The number of carbonyl (C=O) groups is 1. The van der Waals surface area contributed by atoms with Gasteiger partial charge < -0.3 is 10.1 Å². The highest BCUT2D eigenvalue weighted by atomic mass is 16.5. The maximum atomic E-state index is 11.9. The number of hydrogen-bond donors (Lipinski definition) is 1. The molecular formula is C16H18N2O2. The van der Waals surface area contributed by atoms with E-state index in [0.717, 1.165) is 30.6 Å². The van der Waals surface area contributed by atoms with Gasteiger partial charge in [0, 0.05) is 13.2 Å². The predicted molar refractivity (Wildman–Crippen MR) is 76.8 cm³/mol. The molecule has 1 aliphatic rings. The van der Waals surface area contributed by atoms with Crippen LogP contribution in [-0.4, -0.2) is 25.2 Å². The van der Waals surface area contributed by atoms with Crippen LogP contribution in [0.2, 0.25) is 0 Å². The highest BCUT2D eigenvalue weighted by molar-refractivity contribution is 6.01. The topological polar surface area (TPSA) is 62.1 Å². The van der Waals surface area contributed by atoms with Gasteiger partial charge in [-0.25, -0.2) is 0 Å². The molecule has 1 saturated heterocycles. The summed E-state index contributed by atoms with van der Waals surface area (Å²) in [7, 11) is 0. The summed E-state index contributed by atoms with van der Waals surface area (Å²) in [6.45, 7) is 3.21. The van der Waals surface area contributed by atoms with Crippen molar-refractivity contribution in [2.24, 2.45) is 0 Å². The zero-order chi connectivity index (χ0) is 14.4. The van der Waals surface area contributed by atoms with Gasteiger partial charge in [0.1, 0.15) is 11.6 Å². The lowest BCUT2D eigenvalue weighted by atomic mass is 10.1. The molecule has 0 aliphatic carbocycles. The minimum atomic E-state index is -0.344. The van der Waals surface area contributed by atoms with Crippen molar-refractivity contribution in [3.8, 4) is 6.07 Å². The molecule has 0 unspecified atom stereocenters. The van der Waals surface area contributed by atoms with Gasteiger partial charge in [0.2, 0.25) is 0 Å². The van der Waals surface area contributed by atoms with Crippen LogP contribution in [0, 0.1) is 18.3 Å². The number of carbonyl (C=O) groups excluding carboxylic acids is 1. The molecule has 0 saturated carbocycles. The van der Waals surface area contributed by atoms with Gasteiger partial charge in [0.25, 0.3) is 5.91 Å². The normalized spacial score (nSPS) is 18.6. The molecule has 1 N–H and O–H groups in total. The molecule has 104 valence electrons. The van der Waals surface area contributed by atoms with Crippen molar-refractivity contribution in [2.45, 2.75) is 25.9 Å². The van der Waals surface area contributed by atoms with Crippen LogP contribution in [-0.2, 0) is 9.53 Å². The molecule has 1 amide bonds. The fourth-order valence-electron chi connectivity index (χ4n) is 2.09. The lowest BCUT2D eigenvalue weighted by molar-refractivity contribution is -0.117. The van der Waals surface area contributed by atoms with Crippen LogP contribution < -0.4 is 5.32 Å². The summed E-state index contributed by atoms with van der Waals surface area (Å²) in [5, 5.41) is 11.8. The molecule has 1 atom stereocenters. The molecule has 0 spiro atoms. The number of nitriles is 1. The van der Waals surface area contributed by atoms with E-state index in [1.165, 1.54) is 0 Å². The maximum absolute atomic E-state index is 11.9. The van der Waals surface area contributed by atoms with Crippen LogP contribution in [0.5, 0.6) is 0 Å². The Morgan fingerprint density at radius 1 is 1.50 bits per heavy atom. The quantitative estimate of drug-likeness (QED) is 0.674. The molecule has 20 heavy (non-hydrogen) atoms. The molecule has 0 radical (unpaired) electrons. The van der Waals surface area contributed by atoms with Crippen molar-refractivity contribution in [1.82, 2.24) is 5.32 Å². The van der Waals surface area contributed by atoms with Crippen molar-refractivity contribution in [1.29, 1.82) is 5.26 Å². The average molecular weight is 270 g/mol. The first-order valence-corrected chi connectivity index (χ1v) is 6.77. The van der Waals surface area contributed by atoms with E-state index in [0.29, 0.717) is 6.54 Å². The number of amides is 1. The first-order valence-electron chi connectivity index (χ1n) is 6.77. The lowest BCUT2D eigenvalue weighted by Gasteiger charge is -2.10. The number of nitrogens with zero attached hydrogens (tertiary/aromatic N) is 1. The fourth-order valence-corrected chi connectivity index (χ4v) is 2.09. The second-order valence-electron chi connectivity index (χ2n) is 4.93. The van der Waals surface area contributed by atoms with E-state index in [-0.39, 0.29) is 17.6 Å². The Bertz CT molecular complexity index is 535. The van der Waals surface area contributed by atoms with E-state index < -0.39 is 0 Å². The van der Waals surface area contributed by atoms with Crippen molar-refractivity contribution in [2.75, 3.05) is 13.2 Å². The molecule has 2 rings (SSSR count). The van der Waals surface area contributed by atoms with E-state index in [4.69, 9.17) is 10.00 Å². The van der Waals surface area contributed by atoms with Crippen LogP contribution in [0.3, 0.4) is 0 Å². The number of hydrogen-bond acceptors (Lipinski definition) is 3. The Kier molecular flexibility index (Phi) is 4.91. The smallest absolute Gasteiger partial charge is 0.262 e. The van der Waals surface area contributed by atoms with Crippen LogP contribution in [0.25, 0.3) is 6.08 Å². The lowest BCUT2D eigenvalue weighted by Crippen LogP contribution is -2.32. The molecule has 1 aromatic carbocycles. The summed E-state index contributed by atoms with van der Waals surface area (Å²) >= 11 is 0. The third kappa shape index (κ3) is 3.94. The number of nitrogens with one attached hydrogen (secondary N) is 1. The Hall–Kier alpha value is -2.12. The van der Waals surface area contributed by atoms with Crippen molar-refractivity contribution in [3.05, 3.63) is 41.0 Å². The SMILES string of the molecule is Cc1ccc(/C=C(\C#N)C(=O)NC[C@H]2CCCO2)cc1. The van der Waals surface area contributed by atoms with Crippen molar-refractivity contribution >= 4 is 12.0 Å². The Labute approximate surface area is 119 Å². The first kappa shape index (κ1) is 14.3. The molecule has 4 heteroatoms. The van der Waals surface area contributed by atoms with Crippen LogP contribution in [0.1, 0.15) is 24.0 Å². The molecule has 1 fully saturated rings. The standard InChI is InChI=1S/C16H18N2O2/c1-12-4-6-13(7-5-12)9-14(10-17)16(19)18-11-15-3-2-8-20-15/h4-7,9,15H,2-3,8,11H2,1H3,(H,18,19)/b14-9+/t15-/m1/s1. The predicted octanol–water partition coefficient (Wildman–Crippen LogP) is 2.20. The monoisotopic (exact) mass is 270 g/mol. The van der Waals surface area contributed by atoms with Gasteiger partial charge in [-0.3, -0.25) is 4.79 Å². The van der Waals surface area contributed by atoms with Crippen LogP contribution >= 0.6 is 0 Å². The Morgan fingerprint density at radius 2 is 2.25 bits per heavy atom.